The molecule has 2 fully saturated rings. The third-order valence-electron chi connectivity index (χ3n) is 3.66. The molecule has 0 spiro atoms. The van der Waals surface area contributed by atoms with Gasteiger partial charge >= 0.3 is 0 Å². The minimum absolute atomic E-state index is 0.0895. The standard InChI is InChI=1S/C13H17N3O2/c1-7-4-8(5-12(14)15-7)13(17)16-10-6-9-2-3-11(10)18-9/h4-5,9-11H,2-3,6H2,1H3,(H2,14,15)(H,16,17). The van der Waals surface area contributed by atoms with Gasteiger partial charge < -0.3 is 15.8 Å². The Morgan fingerprint density at radius 2 is 2.33 bits per heavy atom. The number of nitrogens with one attached hydrogen (secondary N) is 1. The number of anilines is 1. The Morgan fingerprint density at radius 3 is 2.94 bits per heavy atom. The van der Waals surface area contributed by atoms with Crippen molar-refractivity contribution >= 4 is 11.7 Å². The maximum Gasteiger partial charge on any atom is 0.251 e. The quantitative estimate of drug-likeness (QED) is 0.818. The molecule has 0 saturated carbocycles. The van der Waals surface area contributed by atoms with Gasteiger partial charge in [0, 0.05) is 11.3 Å². The number of aryl methyl sites for hydroxylation is 1. The van der Waals surface area contributed by atoms with E-state index in [0.717, 1.165) is 25.0 Å². The number of pyridine rings is 1. The first-order chi connectivity index (χ1) is 8.61. The van der Waals surface area contributed by atoms with Crippen LogP contribution in [0, 0.1) is 6.92 Å². The van der Waals surface area contributed by atoms with E-state index in [2.05, 4.69) is 10.3 Å². The second-order valence-electron chi connectivity index (χ2n) is 5.11. The predicted octanol–water partition coefficient (Wildman–Crippen LogP) is 1.02. The average molecular weight is 247 g/mol. The van der Waals surface area contributed by atoms with E-state index in [1.165, 1.54) is 0 Å². The highest BCUT2D eigenvalue weighted by Crippen LogP contribution is 2.34. The molecule has 3 atom stereocenters. The topological polar surface area (TPSA) is 77.2 Å². The molecule has 3 unspecified atom stereocenters. The number of hydrogen-bond acceptors (Lipinski definition) is 4. The van der Waals surface area contributed by atoms with Crippen LogP contribution in [0.25, 0.3) is 0 Å². The van der Waals surface area contributed by atoms with E-state index in [9.17, 15) is 4.79 Å². The van der Waals surface area contributed by atoms with Gasteiger partial charge in [-0.3, -0.25) is 4.79 Å². The summed E-state index contributed by atoms with van der Waals surface area (Å²) in [7, 11) is 0. The van der Waals surface area contributed by atoms with Crippen LogP contribution in [0.1, 0.15) is 35.3 Å². The first-order valence-corrected chi connectivity index (χ1v) is 6.32. The van der Waals surface area contributed by atoms with Crippen LogP contribution in [-0.2, 0) is 4.74 Å². The summed E-state index contributed by atoms with van der Waals surface area (Å²) in [5.41, 5.74) is 6.98. The van der Waals surface area contributed by atoms with Crippen LogP contribution in [0.15, 0.2) is 12.1 Å². The van der Waals surface area contributed by atoms with Gasteiger partial charge in [0.25, 0.3) is 5.91 Å². The van der Waals surface area contributed by atoms with Gasteiger partial charge in [0.05, 0.1) is 18.2 Å². The van der Waals surface area contributed by atoms with Gasteiger partial charge in [-0.2, -0.15) is 0 Å². The highest BCUT2D eigenvalue weighted by atomic mass is 16.5. The second-order valence-corrected chi connectivity index (χ2v) is 5.11. The maximum atomic E-state index is 12.1. The normalized spacial score (nSPS) is 29.5. The lowest BCUT2D eigenvalue weighted by Crippen LogP contribution is -2.41. The van der Waals surface area contributed by atoms with Crippen molar-refractivity contribution in [1.29, 1.82) is 0 Å². The number of aromatic nitrogens is 1. The first kappa shape index (κ1) is 11.5. The van der Waals surface area contributed by atoms with Crippen LogP contribution < -0.4 is 11.1 Å². The molecule has 3 rings (SSSR count). The summed E-state index contributed by atoms with van der Waals surface area (Å²) in [5.74, 6) is 0.290. The summed E-state index contributed by atoms with van der Waals surface area (Å²) < 4.78 is 5.72. The zero-order valence-electron chi connectivity index (χ0n) is 10.3. The highest BCUT2D eigenvalue weighted by Gasteiger charge is 2.41. The molecule has 3 N–H and O–H groups in total. The molecule has 1 amide bonds. The van der Waals surface area contributed by atoms with Gasteiger partial charge in [0.15, 0.2) is 0 Å². The predicted molar refractivity (Wildman–Crippen MR) is 67.2 cm³/mol. The largest absolute Gasteiger partial charge is 0.384 e. The molecule has 0 aromatic carbocycles. The Kier molecular flexibility index (Phi) is 2.70. The Hall–Kier alpha value is -1.62. The SMILES string of the molecule is Cc1cc(C(=O)NC2CC3CCC2O3)cc(N)n1. The lowest BCUT2D eigenvalue weighted by Gasteiger charge is -2.20. The van der Waals surface area contributed by atoms with Crippen LogP contribution >= 0.6 is 0 Å². The first-order valence-electron chi connectivity index (χ1n) is 6.32. The minimum Gasteiger partial charge on any atom is -0.384 e. The molecular weight excluding hydrogens is 230 g/mol. The number of nitrogen functional groups attached to an aromatic ring is 1. The smallest absolute Gasteiger partial charge is 0.251 e. The zero-order chi connectivity index (χ0) is 12.7. The fourth-order valence-corrected chi connectivity index (χ4v) is 2.87. The number of amides is 1. The van der Waals surface area contributed by atoms with E-state index in [-0.39, 0.29) is 18.1 Å². The van der Waals surface area contributed by atoms with E-state index in [0.29, 0.717) is 17.5 Å². The van der Waals surface area contributed by atoms with Gasteiger partial charge in [-0.05, 0) is 38.3 Å². The molecular formula is C13H17N3O2. The second kappa shape index (κ2) is 4.24. The Labute approximate surface area is 106 Å². The molecule has 5 heteroatoms. The zero-order valence-corrected chi connectivity index (χ0v) is 10.3. The number of carbonyl (C=O) groups excluding carboxylic acids is 1. The third kappa shape index (κ3) is 2.06. The van der Waals surface area contributed by atoms with Crippen molar-refractivity contribution < 1.29 is 9.53 Å². The van der Waals surface area contributed by atoms with Crippen molar-refractivity contribution in [2.24, 2.45) is 0 Å². The van der Waals surface area contributed by atoms with Crippen LogP contribution in [0.4, 0.5) is 5.82 Å². The van der Waals surface area contributed by atoms with E-state index in [1.807, 2.05) is 6.92 Å². The van der Waals surface area contributed by atoms with Crippen molar-refractivity contribution in [3.63, 3.8) is 0 Å². The number of fused-ring (bicyclic) bond motifs is 2. The molecule has 2 aliphatic rings. The number of carbonyl (C=O) groups is 1. The molecule has 0 radical (unpaired) electrons. The van der Waals surface area contributed by atoms with Crippen LogP contribution in [-0.4, -0.2) is 29.1 Å². The Morgan fingerprint density at radius 1 is 1.50 bits per heavy atom. The van der Waals surface area contributed by atoms with Gasteiger partial charge in [0.1, 0.15) is 5.82 Å². The van der Waals surface area contributed by atoms with E-state index < -0.39 is 0 Å². The Balaban J connectivity index is 1.71. The number of nitrogens with two attached hydrogens (primary N) is 1. The molecule has 5 nitrogen and oxygen atoms in total. The van der Waals surface area contributed by atoms with Crippen LogP contribution in [0.3, 0.4) is 0 Å². The van der Waals surface area contributed by atoms with Crippen LogP contribution in [0.5, 0.6) is 0 Å². The number of ether oxygens (including phenoxy) is 1. The lowest BCUT2D eigenvalue weighted by atomic mass is 9.95. The monoisotopic (exact) mass is 247 g/mol. The summed E-state index contributed by atoms with van der Waals surface area (Å²) in [6.45, 7) is 1.83. The average Bonchev–Trinajstić information content (AvgIpc) is 2.89. The van der Waals surface area contributed by atoms with Crippen molar-refractivity contribution in [3.05, 3.63) is 23.4 Å². The van der Waals surface area contributed by atoms with Gasteiger partial charge in [-0.25, -0.2) is 4.98 Å². The number of rotatable bonds is 2. The number of hydrogen-bond donors (Lipinski definition) is 2. The van der Waals surface area contributed by atoms with Gasteiger partial charge in [-0.1, -0.05) is 0 Å². The summed E-state index contributed by atoms with van der Waals surface area (Å²) in [6.07, 6.45) is 3.63. The van der Waals surface area contributed by atoms with E-state index in [4.69, 9.17) is 10.5 Å². The fraction of sp³-hybridized carbons (Fsp3) is 0.538. The summed E-state index contributed by atoms with van der Waals surface area (Å²) >= 11 is 0. The van der Waals surface area contributed by atoms with Crippen LogP contribution in [0.2, 0.25) is 0 Å². The van der Waals surface area contributed by atoms with Crippen molar-refractivity contribution in [2.45, 2.75) is 44.4 Å². The molecule has 96 valence electrons. The van der Waals surface area contributed by atoms with Crippen molar-refractivity contribution in [1.82, 2.24) is 10.3 Å². The van der Waals surface area contributed by atoms with Gasteiger partial charge in [0.2, 0.25) is 0 Å². The third-order valence-corrected chi connectivity index (χ3v) is 3.66. The van der Waals surface area contributed by atoms with E-state index in [1.54, 1.807) is 12.1 Å². The fourth-order valence-electron chi connectivity index (χ4n) is 2.87. The summed E-state index contributed by atoms with van der Waals surface area (Å²) in [5, 5.41) is 3.03. The molecule has 2 saturated heterocycles. The molecule has 3 heterocycles. The summed E-state index contributed by atoms with van der Waals surface area (Å²) in [4.78, 5) is 16.2. The Bertz CT molecular complexity index is 469. The molecule has 18 heavy (non-hydrogen) atoms. The number of nitrogens with zero attached hydrogens (tertiary/aromatic N) is 1. The minimum atomic E-state index is -0.0895. The lowest BCUT2D eigenvalue weighted by molar-refractivity contribution is 0.0841. The molecule has 0 aliphatic carbocycles. The highest BCUT2D eigenvalue weighted by molar-refractivity contribution is 5.95. The van der Waals surface area contributed by atoms with Gasteiger partial charge in [-0.15, -0.1) is 0 Å². The molecule has 2 bridgehead atoms. The molecule has 1 aromatic heterocycles. The summed E-state index contributed by atoms with van der Waals surface area (Å²) in [6, 6.07) is 3.50. The van der Waals surface area contributed by atoms with E-state index >= 15 is 0 Å². The van der Waals surface area contributed by atoms with Crippen molar-refractivity contribution in [2.75, 3.05) is 5.73 Å². The van der Waals surface area contributed by atoms with Crippen molar-refractivity contribution in [3.8, 4) is 0 Å². The maximum absolute atomic E-state index is 12.1. The molecule has 1 aromatic rings. The molecule has 2 aliphatic heterocycles.